The van der Waals surface area contributed by atoms with Gasteiger partial charge in [-0.25, -0.2) is 4.98 Å². The second kappa shape index (κ2) is 7.70. The molecule has 0 unspecified atom stereocenters. The topological polar surface area (TPSA) is 56.1 Å². The van der Waals surface area contributed by atoms with Crippen LogP contribution >= 0.6 is 0 Å². The lowest BCUT2D eigenvalue weighted by Crippen LogP contribution is -2.21. The molecule has 0 saturated heterocycles. The molecule has 0 bridgehead atoms. The standard InChI is InChI=1S/C21H21N3O2/c1-15-7-6-8-16(2)21(15)23-20(25)13-26-19-10-5-4-9-18(19)17(3)24-12-11-22-14-24/h4-12,14H,3,13H2,1-2H3,(H,23,25). The van der Waals surface area contributed by atoms with E-state index in [1.54, 1.807) is 17.1 Å². The van der Waals surface area contributed by atoms with Gasteiger partial charge in [0.2, 0.25) is 0 Å². The summed E-state index contributed by atoms with van der Waals surface area (Å²) in [5.74, 6) is 0.397. The monoisotopic (exact) mass is 347 g/mol. The summed E-state index contributed by atoms with van der Waals surface area (Å²) >= 11 is 0. The van der Waals surface area contributed by atoms with Crippen molar-refractivity contribution in [2.75, 3.05) is 11.9 Å². The summed E-state index contributed by atoms with van der Waals surface area (Å²) in [6, 6.07) is 13.4. The highest BCUT2D eigenvalue weighted by Gasteiger charge is 2.12. The van der Waals surface area contributed by atoms with Gasteiger partial charge in [-0.1, -0.05) is 36.9 Å². The number of benzene rings is 2. The molecule has 3 rings (SSSR count). The molecule has 3 aromatic rings. The van der Waals surface area contributed by atoms with Crippen LogP contribution in [0.15, 0.2) is 67.8 Å². The highest BCUT2D eigenvalue weighted by atomic mass is 16.5. The molecule has 0 spiro atoms. The average Bonchev–Trinajstić information content (AvgIpc) is 3.17. The molecule has 0 radical (unpaired) electrons. The van der Waals surface area contributed by atoms with Gasteiger partial charge in [0.1, 0.15) is 5.75 Å². The molecule has 1 amide bonds. The highest BCUT2D eigenvalue weighted by Crippen LogP contribution is 2.26. The van der Waals surface area contributed by atoms with Crippen molar-refractivity contribution in [1.82, 2.24) is 9.55 Å². The minimum Gasteiger partial charge on any atom is -0.483 e. The van der Waals surface area contributed by atoms with E-state index in [2.05, 4.69) is 16.9 Å². The van der Waals surface area contributed by atoms with Gasteiger partial charge in [0.15, 0.2) is 6.61 Å². The van der Waals surface area contributed by atoms with Crippen LogP contribution in [0.25, 0.3) is 5.70 Å². The Morgan fingerprint density at radius 2 is 1.88 bits per heavy atom. The number of carbonyl (C=O) groups is 1. The Hall–Kier alpha value is -3.34. The Labute approximate surface area is 153 Å². The van der Waals surface area contributed by atoms with Crippen LogP contribution in [0.1, 0.15) is 16.7 Å². The number of hydrogen-bond donors (Lipinski definition) is 1. The first-order valence-electron chi connectivity index (χ1n) is 8.32. The van der Waals surface area contributed by atoms with Gasteiger partial charge in [-0.05, 0) is 37.1 Å². The molecule has 2 aromatic carbocycles. The van der Waals surface area contributed by atoms with Gasteiger partial charge in [0, 0.05) is 23.6 Å². The Morgan fingerprint density at radius 3 is 2.58 bits per heavy atom. The Bertz CT molecular complexity index is 910. The molecule has 0 aliphatic heterocycles. The Morgan fingerprint density at radius 1 is 1.15 bits per heavy atom. The SMILES string of the molecule is C=C(c1ccccc1OCC(=O)Nc1c(C)cccc1C)n1ccnc1. The van der Waals surface area contributed by atoms with Crippen molar-refractivity contribution in [2.45, 2.75) is 13.8 Å². The molecular formula is C21H21N3O2. The van der Waals surface area contributed by atoms with E-state index in [9.17, 15) is 4.79 Å². The minimum atomic E-state index is -0.203. The number of nitrogens with zero attached hydrogens (tertiary/aromatic N) is 2. The van der Waals surface area contributed by atoms with Crippen molar-refractivity contribution < 1.29 is 9.53 Å². The molecule has 0 aliphatic carbocycles. The van der Waals surface area contributed by atoms with Gasteiger partial charge in [0.05, 0.1) is 12.0 Å². The first kappa shape index (κ1) is 17.5. The van der Waals surface area contributed by atoms with Crippen molar-refractivity contribution in [2.24, 2.45) is 0 Å². The molecule has 132 valence electrons. The maximum Gasteiger partial charge on any atom is 0.262 e. The van der Waals surface area contributed by atoms with Crippen molar-refractivity contribution >= 4 is 17.3 Å². The molecular weight excluding hydrogens is 326 g/mol. The first-order valence-corrected chi connectivity index (χ1v) is 8.32. The number of rotatable bonds is 6. The number of ether oxygens (including phenoxy) is 1. The van der Waals surface area contributed by atoms with Crippen LogP contribution in [-0.4, -0.2) is 22.1 Å². The van der Waals surface area contributed by atoms with Gasteiger partial charge in [-0.15, -0.1) is 0 Å². The molecule has 1 N–H and O–H groups in total. The van der Waals surface area contributed by atoms with Gasteiger partial charge >= 0.3 is 0 Å². The normalized spacial score (nSPS) is 10.4. The van der Waals surface area contributed by atoms with Crippen molar-refractivity contribution in [3.63, 3.8) is 0 Å². The predicted molar refractivity (Wildman–Crippen MR) is 103 cm³/mol. The Kier molecular flexibility index (Phi) is 5.17. The quantitative estimate of drug-likeness (QED) is 0.732. The second-order valence-electron chi connectivity index (χ2n) is 6.02. The van der Waals surface area contributed by atoms with Crippen molar-refractivity contribution in [1.29, 1.82) is 0 Å². The summed E-state index contributed by atoms with van der Waals surface area (Å²) in [7, 11) is 0. The Balaban J connectivity index is 1.70. The molecule has 1 heterocycles. The zero-order valence-electron chi connectivity index (χ0n) is 14.9. The number of imidazole rings is 1. The van der Waals surface area contributed by atoms with Crippen molar-refractivity contribution in [3.8, 4) is 5.75 Å². The van der Waals surface area contributed by atoms with Crippen LogP contribution < -0.4 is 10.1 Å². The van der Waals surface area contributed by atoms with E-state index in [0.717, 1.165) is 28.1 Å². The average molecular weight is 347 g/mol. The number of anilines is 1. The molecule has 5 nitrogen and oxygen atoms in total. The van der Waals surface area contributed by atoms with Crippen LogP contribution in [0, 0.1) is 13.8 Å². The number of aromatic nitrogens is 2. The second-order valence-corrected chi connectivity index (χ2v) is 6.02. The van der Waals surface area contributed by atoms with E-state index in [4.69, 9.17) is 4.74 Å². The summed E-state index contributed by atoms with van der Waals surface area (Å²) in [5.41, 5.74) is 4.41. The number of hydrogen-bond acceptors (Lipinski definition) is 3. The van der Waals surface area contributed by atoms with Gasteiger partial charge < -0.3 is 14.6 Å². The number of amides is 1. The van der Waals surface area contributed by atoms with Crippen LogP contribution in [0.4, 0.5) is 5.69 Å². The summed E-state index contributed by atoms with van der Waals surface area (Å²) < 4.78 is 7.57. The van der Waals surface area contributed by atoms with E-state index < -0.39 is 0 Å². The van der Waals surface area contributed by atoms with E-state index in [-0.39, 0.29) is 12.5 Å². The highest BCUT2D eigenvalue weighted by molar-refractivity contribution is 5.93. The maximum atomic E-state index is 12.3. The van der Waals surface area contributed by atoms with E-state index in [1.807, 2.05) is 62.5 Å². The third-order valence-corrected chi connectivity index (χ3v) is 4.12. The number of para-hydroxylation sites is 2. The summed E-state index contributed by atoms with van der Waals surface area (Å²) in [6.07, 6.45) is 5.17. The van der Waals surface area contributed by atoms with Crippen LogP contribution in [0.3, 0.4) is 0 Å². The first-order chi connectivity index (χ1) is 12.6. The van der Waals surface area contributed by atoms with Gasteiger partial charge in [-0.3, -0.25) is 4.79 Å². The zero-order chi connectivity index (χ0) is 18.5. The van der Waals surface area contributed by atoms with Gasteiger partial charge in [0.25, 0.3) is 5.91 Å². The zero-order valence-corrected chi connectivity index (χ0v) is 14.9. The molecule has 26 heavy (non-hydrogen) atoms. The maximum absolute atomic E-state index is 12.3. The van der Waals surface area contributed by atoms with E-state index in [0.29, 0.717) is 5.75 Å². The third-order valence-electron chi connectivity index (χ3n) is 4.12. The van der Waals surface area contributed by atoms with Gasteiger partial charge in [-0.2, -0.15) is 0 Å². The smallest absolute Gasteiger partial charge is 0.262 e. The summed E-state index contributed by atoms with van der Waals surface area (Å²) in [5, 5.41) is 2.92. The number of nitrogens with one attached hydrogen (secondary N) is 1. The fourth-order valence-electron chi connectivity index (χ4n) is 2.72. The lowest BCUT2D eigenvalue weighted by molar-refractivity contribution is -0.118. The fraction of sp³-hybridized carbons (Fsp3) is 0.143. The molecule has 0 atom stereocenters. The number of aryl methyl sites for hydroxylation is 2. The molecule has 0 fully saturated rings. The lowest BCUT2D eigenvalue weighted by atomic mass is 10.1. The largest absolute Gasteiger partial charge is 0.483 e. The fourth-order valence-corrected chi connectivity index (χ4v) is 2.72. The lowest BCUT2D eigenvalue weighted by Gasteiger charge is -2.15. The number of carbonyl (C=O) groups excluding carboxylic acids is 1. The van der Waals surface area contributed by atoms with Crippen LogP contribution in [-0.2, 0) is 4.79 Å². The summed E-state index contributed by atoms with van der Waals surface area (Å²) in [6.45, 7) is 7.94. The molecule has 0 saturated carbocycles. The molecule has 0 aliphatic rings. The van der Waals surface area contributed by atoms with E-state index in [1.165, 1.54) is 0 Å². The van der Waals surface area contributed by atoms with Crippen LogP contribution in [0.5, 0.6) is 5.75 Å². The van der Waals surface area contributed by atoms with Crippen LogP contribution in [0.2, 0.25) is 0 Å². The van der Waals surface area contributed by atoms with E-state index >= 15 is 0 Å². The molecule has 1 aromatic heterocycles. The predicted octanol–water partition coefficient (Wildman–Crippen LogP) is 4.04. The van der Waals surface area contributed by atoms with Crippen molar-refractivity contribution in [3.05, 3.63) is 84.5 Å². The third kappa shape index (κ3) is 3.83. The molecule has 5 heteroatoms. The minimum absolute atomic E-state index is 0.0814. The summed E-state index contributed by atoms with van der Waals surface area (Å²) in [4.78, 5) is 16.4.